The van der Waals surface area contributed by atoms with Crippen LogP contribution in [-0.4, -0.2) is 47.4 Å². The summed E-state index contributed by atoms with van der Waals surface area (Å²) in [5.74, 6) is -0.123. The van der Waals surface area contributed by atoms with Gasteiger partial charge in [-0.1, -0.05) is 0 Å². The minimum Gasteiger partial charge on any atom is -0.336 e. The summed E-state index contributed by atoms with van der Waals surface area (Å²) in [6.07, 6.45) is 0. The van der Waals surface area contributed by atoms with Crippen LogP contribution in [0.1, 0.15) is 23.6 Å². The second-order valence-electron chi connectivity index (χ2n) is 5.29. The van der Waals surface area contributed by atoms with Gasteiger partial charge in [-0.05, 0) is 32.9 Å². The molecule has 0 aliphatic carbocycles. The van der Waals surface area contributed by atoms with E-state index in [0.29, 0.717) is 13.1 Å². The third kappa shape index (κ3) is 3.58. The van der Waals surface area contributed by atoms with Gasteiger partial charge in [-0.15, -0.1) is 11.3 Å². The number of nitrogens with zero attached hydrogens (tertiary/aromatic N) is 2. The van der Waals surface area contributed by atoms with Gasteiger partial charge in [-0.2, -0.15) is 0 Å². The third-order valence-corrected chi connectivity index (χ3v) is 4.37. The summed E-state index contributed by atoms with van der Waals surface area (Å²) in [4.78, 5) is 29.6. The summed E-state index contributed by atoms with van der Waals surface area (Å²) >= 11 is 1.75. The molecule has 2 rings (SSSR count). The number of amides is 3. The van der Waals surface area contributed by atoms with Gasteiger partial charge >= 0.3 is 6.03 Å². The van der Waals surface area contributed by atoms with Gasteiger partial charge in [-0.25, -0.2) is 4.79 Å². The lowest BCUT2D eigenvalue weighted by molar-refractivity contribution is -0.129. The second-order valence-corrected chi connectivity index (χ2v) is 6.66. The van der Waals surface area contributed by atoms with Crippen molar-refractivity contribution in [2.75, 3.05) is 19.6 Å². The van der Waals surface area contributed by atoms with Gasteiger partial charge in [0.05, 0.1) is 6.54 Å². The lowest BCUT2D eigenvalue weighted by Crippen LogP contribution is -2.43. The first kappa shape index (κ1) is 15.0. The number of hydrogen-bond donors (Lipinski definition) is 1. The summed E-state index contributed by atoms with van der Waals surface area (Å²) in [5.41, 5.74) is 0. The molecule has 0 spiro atoms. The van der Waals surface area contributed by atoms with Crippen molar-refractivity contribution < 1.29 is 9.59 Å². The number of aryl methyl sites for hydroxylation is 1. The van der Waals surface area contributed by atoms with E-state index < -0.39 is 0 Å². The molecule has 2 heterocycles. The van der Waals surface area contributed by atoms with Crippen molar-refractivity contribution in [3.05, 3.63) is 21.9 Å². The van der Waals surface area contributed by atoms with Crippen LogP contribution in [0, 0.1) is 6.92 Å². The highest BCUT2D eigenvalue weighted by molar-refractivity contribution is 7.11. The van der Waals surface area contributed by atoms with Crippen molar-refractivity contribution in [2.45, 2.75) is 33.4 Å². The Bertz CT molecular complexity index is 498. The average molecular weight is 295 g/mol. The van der Waals surface area contributed by atoms with Crippen LogP contribution in [0.3, 0.4) is 0 Å². The highest BCUT2D eigenvalue weighted by Gasteiger charge is 2.28. The smallest absolute Gasteiger partial charge is 0.324 e. The maximum absolute atomic E-state index is 12.2. The number of carbonyl (C=O) groups excluding carboxylic acids is 2. The molecular weight excluding hydrogens is 274 g/mol. The number of carbonyl (C=O) groups is 2. The Kier molecular flexibility index (Phi) is 4.77. The summed E-state index contributed by atoms with van der Waals surface area (Å²) in [6.45, 7) is 8.26. The molecule has 1 fully saturated rings. The maximum atomic E-state index is 12.2. The zero-order valence-corrected chi connectivity index (χ0v) is 13.0. The molecule has 20 heavy (non-hydrogen) atoms. The molecule has 1 saturated heterocycles. The Balaban J connectivity index is 1.98. The van der Waals surface area contributed by atoms with Gasteiger partial charge in [0.1, 0.15) is 0 Å². The minimum atomic E-state index is -0.273. The molecular formula is C14H21N3O2S. The van der Waals surface area contributed by atoms with Crippen LogP contribution >= 0.6 is 11.3 Å². The Morgan fingerprint density at radius 2 is 2.25 bits per heavy atom. The summed E-state index contributed by atoms with van der Waals surface area (Å²) < 4.78 is 0. The van der Waals surface area contributed by atoms with Crippen LogP contribution in [0.2, 0.25) is 0 Å². The van der Waals surface area contributed by atoms with E-state index in [1.807, 2.05) is 0 Å². The van der Waals surface area contributed by atoms with E-state index in [4.69, 9.17) is 0 Å². The van der Waals surface area contributed by atoms with Gasteiger partial charge in [0, 0.05) is 35.4 Å². The molecule has 0 saturated carbocycles. The SMILES string of the molecule is Cc1ccc(CN(CC(=O)N2CCNC2=O)C(C)C)s1. The van der Waals surface area contributed by atoms with Crippen molar-refractivity contribution >= 4 is 23.3 Å². The van der Waals surface area contributed by atoms with E-state index in [9.17, 15) is 9.59 Å². The summed E-state index contributed by atoms with van der Waals surface area (Å²) in [7, 11) is 0. The number of hydrogen-bond acceptors (Lipinski definition) is 4. The zero-order chi connectivity index (χ0) is 14.7. The zero-order valence-electron chi connectivity index (χ0n) is 12.2. The molecule has 0 atom stereocenters. The normalized spacial score (nSPS) is 15.2. The Morgan fingerprint density at radius 1 is 1.50 bits per heavy atom. The van der Waals surface area contributed by atoms with Crippen molar-refractivity contribution in [1.29, 1.82) is 0 Å². The number of imide groups is 1. The highest BCUT2D eigenvalue weighted by atomic mass is 32.1. The van der Waals surface area contributed by atoms with Crippen LogP contribution in [0.4, 0.5) is 4.79 Å². The third-order valence-electron chi connectivity index (χ3n) is 3.38. The molecule has 3 amide bonds. The van der Waals surface area contributed by atoms with Crippen LogP contribution < -0.4 is 5.32 Å². The van der Waals surface area contributed by atoms with Crippen LogP contribution in [0.5, 0.6) is 0 Å². The Hall–Kier alpha value is -1.40. The molecule has 0 radical (unpaired) electrons. The average Bonchev–Trinajstić information content (AvgIpc) is 2.97. The molecule has 1 aliphatic heterocycles. The molecule has 6 heteroatoms. The maximum Gasteiger partial charge on any atom is 0.324 e. The van der Waals surface area contributed by atoms with E-state index in [-0.39, 0.29) is 24.5 Å². The van der Waals surface area contributed by atoms with E-state index in [1.54, 1.807) is 11.3 Å². The Labute approximate surface area is 123 Å². The number of nitrogens with one attached hydrogen (secondary N) is 1. The van der Waals surface area contributed by atoms with Gasteiger partial charge in [0.25, 0.3) is 0 Å². The highest BCUT2D eigenvalue weighted by Crippen LogP contribution is 2.18. The van der Waals surface area contributed by atoms with Crippen molar-refractivity contribution in [1.82, 2.24) is 15.1 Å². The fourth-order valence-electron chi connectivity index (χ4n) is 2.16. The topological polar surface area (TPSA) is 52.7 Å². The first-order valence-electron chi connectivity index (χ1n) is 6.85. The number of thiophene rings is 1. The first-order chi connectivity index (χ1) is 9.47. The van der Waals surface area contributed by atoms with Crippen LogP contribution in [0.25, 0.3) is 0 Å². The molecule has 1 aromatic rings. The van der Waals surface area contributed by atoms with Gasteiger partial charge in [0.2, 0.25) is 5.91 Å². The molecule has 0 bridgehead atoms. The molecule has 110 valence electrons. The van der Waals surface area contributed by atoms with Gasteiger partial charge in [-0.3, -0.25) is 14.6 Å². The van der Waals surface area contributed by atoms with Crippen LogP contribution in [-0.2, 0) is 11.3 Å². The van der Waals surface area contributed by atoms with Crippen molar-refractivity contribution in [3.63, 3.8) is 0 Å². The number of urea groups is 1. The van der Waals surface area contributed by atoms with E-state index in [0.717, 1.165) is 6.54 Å². The van der Waals surface area contributed by atoms with E-state index in [2.05, 4.69) is 43.1 Å². The minimum absolute atomic E-state index is 0.123. The standard InChI is InChI=1S/C14H21N3O2S/c1-10(2)16(8-12-5-4-11(3)20-12)9-13(18)17-7-6-15-14(17)19/h4-5,10H,6-9H2,1-3H3,(H,15,19). The predicted molar refractivity (Wildman–Crippen MR) is 79.7 cm³/mol. The van der Waals surface area contributed by atoms with Crippen molar-refractivity contribution in [3.8, 4) is 0 Å². The molecule has 0 aromatic carbocycles. The van der Waals surface area contributed by atoms with Crippen molar-refractivity contribution in [2.24, 2.45) is 0 Å². The molecule has 1 aromatic heterocycles. The summed E-state index contributed by atoms with van der Waals surface area (Å²) in [5, 5.41) is 2.66. The van der Waals surface area contributed by atoms with Gasteiger partial charge in [0.15, 0.2) is 0 Å². The quantitative estimate of drug-likeness (QED) is 0.901. The lowest BCUT2D eigenvalue weighted by Gasteiger charge is -2.26. The van der Waals surface area contributed by atoms with Crippen LogP contribution in [0.15, 0.2) is 12.1 Å². The summed E-state index contributed by atoms with van der Waals surface area (Å²) in [6, 6.07) is 4.18. The second kappa shape index (κ2) is 6.37. The molecule has 1 N–H and O–H groups in total. The molecule has 5 nitrogen and oxygen atoms in total. The lowest BCUT2D eigenvalue weighted by atomic mass is 10.3. The number of rotatable bonds is 5. The predicted octanol–water partition coefficient (Wildman–Crippen LogP) is 1.82. The monoisotopic (exact) mass is 295 g/mol. The Morgan fingerprint density at radius 3 is 2.75 bits per heavy atom. The van der Waals surface area contributed by atoms with E-state index in [1.165, 1.54) is 14.7 Å². The largest absolute Gasteiger partial charge is 0.336 e. The molecule has 0 unspecified atom stereocenters. The molecule has 1 aliphatic rings. The fraction of sp³-hybridized carbons (Fsp3) is 0.571. The van der Waals surface area contributed by atoms with E-state index >= 15 is 0 Å². The first-order valence-corrected chi connectivity index (χ1v) is 7.66. The fourth-order valence-corrected chi connectivity index (χ4v) is 3.08. The van der Waals surface area contributed by atoms with Gasteiger partial charge < -0.3 is 5.32 Å².